The lowest BCUT2D eigenvalue weighted by atomic mass is 10.1. The van der Waals surface area contributed by atoms with Gasteiger partial charge in [0.25, 0.3) is 5.91 Å². The fraction of sp³-hybridized carbons (Fsp3) is 0.263. The number of benzene rings is 1. The molecule has 1 heterocycles. The minimum atomic E-state index is -0.207. The molecule has 1 aromatic carbocycles. The fourth-order valence-corrected chi connectivity index (χ4v) is 2.29. The van der Waals surface area contributed by atoms with Crippen molar-refractivity contribution in [3.8, 4) is 0 Å². The number of nitrogens with zero attached hydrogens (tertiary/aromatic N) is 1. The van der Waals surface area contributed by atoms with Crippen LogP contribution in [0.5, 0.6) is 0 Å². The van der Waals surface area contributed by atoms with Crippen molar-refractivity contribution in [3.63, 3.8) is 0 Å². The molecular weight excluding hydrogens is 288 g/mol. The average molecular weight is 310 g/mol. The number of aromatic nitrogens is 1. The first-order valence-corrected chi connectivity index (χ1v) is 7.76. The number of carbonyl (C=O) groups is 1. The normalized spacial score (nSPS) is 11.1. The monoisotopic (exact) mass is 310 g/mol. The molecule has 0 aliphatic heterocycles. The predicted molar refractivity (Wildman–Crippen MR) is 93.3 cm³/mol. The molecule has 0 aliphatic carbocycles. The van der Waals surface area contributed by atoms with Gasteiger partial charge in [0.15, 0.2) is 0 Å². The van der Waals surface area contributed by atoms with Crippen LogP contribution in [0.1, 0.15) is 29.8 Å². The van der Waals surface area contributed by atoms with Crippen LogP contribution in [0.4, 0.5) is 0 Å². The fourth-order valence-electron chi connectivity index (χ4n) is 2.29. The Bertz CT molecular complexity index is 697. The number of rotatable bonds is 6. The predicted octanol–water partition coefficient (Wildman–Crippen LogP) is 3.19. The van der Waals surface area contributed by atoms with Gasteiger partial charge < -0.3 is 9.88 Å². The lowest BCUT2D eigenvalue weighted by molar-refractivity contribution is 0.0756. The Morgan fingerprint density at radius 1 is 1.17 bits per heavy atom. The Morgan fingerprint density at radius 2 is 1.91 bits per heavy atom. The zero-order chi connectivity index (χ0) is 16.7. The van der Waals surface area contributed by atoms with Crippen LogP contribution in [0.2, 0.25) is 0 Å². The Morgan fingerprint density at radius 3 is 2.52 bits per heavy atom. The van der Waals surface area contributed by atoms with E-state index in [2.05, 4.69) is 18.8 Å². The van der Waals surface area contributed by atoms with Crippen LogP contribution < -0.4 is 5.56 Å². The molecule has 0 atom stereocenters. The first-order chi connectivity index (χ1) is 11.1. The van der Waals surface area contributed by atoms with E-state index in [4.69, 9.17) is 0 Å². The quantitative estimate of drug-likeness (QED) is 0.891. The van der Waals surface area contributed by atoms with E-state index in [1.165, 1.54) is 12.3 Å². The van der Waals surface area contributed by atoms with E-state index in [9.17, 15) is 9.59 Å². The van der Waals surface area contributed by atoms with E-state index < -0.39 is 0 Å². The molecule has 23 heavy (non-hydrogen) atoms. The molecule has 0 unspecified atom stereocenters. The number of hydrogen-bond donors (Lipinski definition) is 1. The Balaban J connectivity index is 2.10. The Hall–Kier alpha value is -2.62. The summed E-state index contributed by atoms with van der Waals surface area (Å²) >= 11 is 0. The maximum Gasteiger partial charge on any atom is 0.255 e. The second-order valence-corrected chi connectivity index (χ2v) is 5.86. The molecule has 0 radical (unpaired) electrons. The van der Waals surface area contributed by atoms with Gasteiger partial charge in [0, 0.05) is 25.4 Å². The molecule has 120 valence electrons. The summed E-state index contributed by atoms with van der Waals surface area (Å²) in [4.78, 5) is 28.1. The van der Waals surface area contributed by atoms with Gasteiger partial charge in [-0.2, -0.15) is 0 Å². The maximum absolute atomic E-state index is 12.6. The standard InChI is InChI=1S/C19H22N2O2/c1-15(2)14-21(12-6-9-16-7-4-3-5-8-16)19(23)17-10-11-18(22)20-13-17/h3-11,13,15H,12,14H2,1-2H3,(H,20,22)/b9-6+. The second kappa shape index (κ2) is 8.13. The number of hydrogen-bond acceptors (Lipinski definition) is 2. The van der Waals surface area contributed by atoms with Gasteiger partial charge in [-0.1, -0.05) is 56.3 Å². The summed E-state index contributed by atoms with van der Waals surface area (Å²) in [5.41, 5.74) is 1.40. The number of amides is 1. The van der Waals surface area contributed by atoms with E-state index >= 15 is 0 Å². The van der Waals surface area contributed by atoms with Crippen LogP contribution in [0.3, 0.4) is 0 Å². The maximum atomic E-state index is 12.6. The van der Waals surface area contributed by atoms with E-state index in [1.54, 1.807) is 11.0 Å². The lowest BCUT2D eigenvalue weighted by Crippen LogP contribution is -2.34. The summed E-state index contributed by atoms with van der Waals surface area (Å²) in [5, 5.41) is 0. The molecule has 1 amide bonds. The van der Waals surface area contributed by atoms with Gasteiger partial charge in [-0.05, 0) is 17.5 Å². The Kier molecular flexibility index (Phi) is 5.92. The number of H-pyrrole nitrogens is 1. The second-order valence-electron chi connectivity index (χ2n) is 5.86. The summed E-state index contributed by atoms with van der Waals surface area (Å²) < 4.78 is 0. The first-order valence-electron chi connectivity index (χ1n) is 7.76. The van der Waals surface area contributed by atoms with Gasteiger partial charge in [-0.3, -0.25) is 9.59 Å². The topological polar surface area (TPSA) is 53.2 Å². The van der Waals surface area contributed by atoms with Crippen LogP contribution in [0, 0.1) is 5.92 Å². The van der Waals surface area contributed by atoms with Crippen LogP contribution in [-0.4, -0.2) is 28.9 Å². The summed E-state index contributed by atoms with van der Waals surface area (Å²) in [6.45, 7) is 5.35. The first kappa shape index (κ1) is 16.7. The lowest BCUT2D eigenvalue weighted by Gasteiger charge is -2.23. The highest BCUT2D eigenvalue weighted by Gasteiger charge is 2.15. The molecule has 0 saturated heterocycles. The number of nitrogens with one attached hydrogen (secondary N) is 1. The highest BCUT2D eigenvalue weighted by Crippen LogP contribution is 2.07. The van der Waals surface area contributed by atoms with Crippen molar-refractivity contribution in [2.24, 2.45) is 5.92 Å². The van der Waals surface area contributed by atoms with Crippen LogP contribution in [0.15, 0.2) is 59.5 Å². The molecule has 0 fully saturated rings. The molecule has 2 aromatic rings. The molecule has 1 aromatic heterocycles. The largest absolute Gasteiger partial charge is 0.335 e. The van der Waals surface area contributed by atoms with Gasteiger partial charge >= 0.3 is 0 Å². The molecule has 4 nitrogen and oxygen atoms in total. The average Bonchev–Trinajstić information content (AvgIpc) is 2.54. The SMILES string of the molecule is CC(C)CN(C/C=C/c1ccccc1)C(=O)c1ccc(=O)[nH]c1. The summed E-state index contributed by atoms with van der Waals surface area (Å²) in [6.07, 6.45) is 5.47. The minimum absolute atomic E-state index is 0.0762. The van der Waals surface area contributed by atoms with Crippen LogP contribution in [-0.2, 0) is 0 Å². The van der Waals surface area contributed by atoms with Crippen molar-refractivity contribution in [3.05, 3.63) is 76.2 Å². The number of pyridine rings is 1. The Labute approximate surface area is 136 Å². The molecule has 0 bridgehead atoms. The molecule has 2 rings (SSSR count). The van der Waals surface area contributed by atoms with Crippen LogP contribution >= 0.6 is 0 Å². The third-order valence-corrected chi connectivity index (χ3v) is 3.34. The van der Waals surface area contributed by atoms with E-state index in [0.717, 1.165) is 5.56 Å². The molecule has 0 aliphatic rings. The highest BCUT2D eigenvalue weighted by atomic mass is 16.2. The molecule has 4 heteroatoms. The van der Waals surface area contributed by atoms with Crippen molar-refractivity contribution >= 4 is 12.0 Å². The van der Waals surface area contributed by atoms with E-state index in [-0.39, 0.29) is 11.5 Å². The van der Waals surface area contributed by atoms with Gasteiger partial charge in [-0.15, -0.1) is 0 Å². The number of aromatic amines is 1. The minimum Gasteiger partial charge on any atom is -0.335 e. The van der Waals surface area contributed by atoms with Gasteiger partial charge in [0.2, 0.25) is 5.56 Å². The van der Waals surface area contributed by atoms with Gasteiger partial charge in [0.05, 0.1) is 5.56 Å². The van der Waals surface area contributed by atoms with E-state index in [0.29, 0.717) is 24.6 Å². The van der Waals surface area contributed by atoms with Gasteiger partial charge in [0.1, 0.15) is 0 Å². The zero-order valence-electron chi connectivity index (χ0n) is 13.5. The van der Waals surface area contributed by atoms with Crippen molar-refractivity contribution in [1.82, 2.24) is 9.88 Å². The third-order valence-electron chi connectivity index (χ3n) is 3.34. The third kappa shape index (κ3) is 5.25. The van der Waals surface area contributed by atoms with E-state index in [1.807, 2.05) is 42.5 Å². The van der Waals surface area contributed by atoms with Crippen molar-refractivity contribution in [2.75, 3.05) is 13.1 Å². The summed E-state index contributed by atoms with van der Waals surface area (Å²) in [6, 6.07) is 12.9. The molecule has 1 N–H and O–H groups in total. The molecular formula is C19H22N2O2. The van der Waals surface area contributed by atoms with Crippen molar-refractivity contribution in [2.45, 2.75) is 13.8 Å². The van der Waals surface area contributed by atoms with Crippen LogP contribution in [0.25, 0.3) is 6.08 Å². The highest BCUT2D eigenvalue weighted by molar-refractivity contribution is 5.94. The summed E-state index contributed by atoms with van der Waals surface area (Å²) in [5.74, 6) is 0.291. The van der Waals surface area contributed by atoms with Crippen molar-refractivity contribution in [1.29, 1.82) is 0 Å². The van der Waals surface area contributed by atoms with Crippen molar-refractivity contribution < 1.29 is 4.79 Å². The van der Waals surface area contributed by atoms with Gasteiger partial charge in [-0.25, -0.2) is 0 Å². The smallest absolute Gasteiger partial charge is 0.255 e. The number of carbonyl (C=O) groups excluding carboxylic acids is 1. The molecule has 0 saturated carbocycles. The zero-order valence-corrected chi connectivity index (χ0v) is 13.5. The molecule has 0 spiro atoms. The summed E-state index contributed by atoms with van der Waals surface area (Å²) in [7, 11) is 0.